The number of hydrogen-bond donors (Lipinski definition) is 12. The number of carbonyl (C=O) groups is 3. The molecule has 0 bridgehead atoms. The number of amides is 1. The second-order valence-corrected chi connectivity index (χ2v) is 18.2. The maximum atomic E-state index is 14.7. The van der Waals surface area contributed by atoms with E-state index in [1.165, 1.54) is 30.6 Å². The van der Waals surface area contributed by atoms with Gasteiger partial charge in [0.05, 0.1) is 30.4 Å². The van der Waals surface area contributed by atoms with Crippen LogP contribution in [0.2, 0.25) is 0 Å². The molecule has 358 valence electrons. The van der Waals surface area contributed by atoms with Gasteiger partial charge in [0.15, 0.2) is 17.6 Å². The Morgan fingerprint density at radius 3 is 2.57 bits per heavy atom. The van der Waals surface area contributed by atoms with E-state index in [-0.39, 0.29) is 48.2 Å². The minimum absolute atomic E-state index is 0.0146. The van der Waals surface area contributed by atoms with E-state index in [4.69, 9.17) is 15.2 Å². The fraction of sp³-hybridized carbons (Fsp3) is 0.388. The number of ether oxygens (including phenoxy) is 2. The number of nitrogens with one attached hydrogen (secondary N) is 3. The maximum Gasteiger partial charge on any atom is 0.355 e. The molecular formula is C49H54N6O13. The summed E-state index contributed by atoms with van der Waals surface area (Å²) in [5, 5.41) is 89.6. The van der Waals surface area contributed by atoms with Crippen LogP contribution in [0.3, 0.4) is 0 Å². The molecule has 1 saturated carbocycles. The number of imidazole rings is 1. The van der Waals surface area contributed by atoms with Gasteiger partial charge in [-0.25, -0.2) is 9.78 Å². The molecule has 0 radical (unpaired) electrons. The van der Waals surface area contributed by atoms with E-state index in [1.807, 2.05) is 24.3 Å². The number of benzene rings is 3. The SMILES string of the molecule is N[C@H]1CC[C@@H]2CCc3ccccc3[C@@]21C[C@@H]1c2cc(O)c(O[C@]3(O)O[C@H](CO)[C@@H](O)[C@H](O)[C@H]3O)cc2N(C(=O)/C=C/c2ccc(O)c(Cc3[nH]cnc3C[C@H](C=O)Nc3ccc[nH]3)c2)[C@H]1C(=O)O. The molecule has 2 fully saturated rings. The number of fused-ring (bicyclic) bond motifs is 4. The van der Waals surface area contributed by atoms with Crippen molar-refractivity contribution in [2.24, 2.45) is 11.7 Å². The zero-order chi connectivity index (χ0) is 48.1. The predicted molar refractivity (Wildman–Crippen MR) is 244 cm³/mol. The van der Waals surface area contributed by atoms with Gasteiger partial charge < -0.3 is 76.1 Å². The molecule has 0 unspecified atom stereocenters. The molecule has 68 heavy (non-hydrogen) atoms. The number of hydrogen-bond acceptors (Lipinski definition) is 15. The molecule has 1 saturated heterocycles. The van der Waals surface area contributed by atoms with E-state index in [9.17, 15) is 55.2 Å². The minimum atomic E-state index is -3.14. The number of carbonyl (C=O) groups excluding carboxylic acids is 2. The van der Waals surface area contributed by atoms with Gasteiger partial charge in [0, 0.05) is 59.8 Å². The number of rotatable bonds is 15. The molecule has 1 amide bonds. The first kappa shape index (κ1) is 46.5. The van der Waals surface area contributed by atoms with E-state index < -0.39 is 83.8 Å². The van der Waals surface area contributed by atoms with Crippen molar-refractivity contribution in [3.05, 3.63) is 125 Å². The zero-order valence-corrected chi connectivity index (χ0v) is 36.7. The van der Waals surface area contributed by atoms with Crippen molar-refractivity contribution in [2.75, 3.05) is 16.8 Å². The molecule has 19 nitrogen and oxygen atoms in total. The van der Waals surface area contributed by atoms with Crippen LogP contribution in [0.25, 0.3) is 6.08 Å². The average molecular weight is 935 g/mol. The molecule has 9 rings (SSSR count). The Morgan fingerprint density at radius 2 is 1.82 bits per heavy atom. The zero-order valence-electron chi connectivity index (χ0n) is 36.7. The molecule has 19 heteroatoms. The summed E-state index contributed by atoms with van der Waals surface area (Å²) in [5.41, 5.74) is 10.9. The van der Waals surface area contributed by atoms with Crippen LogP contribution in [-0.2, 0) is 43.8 Å². The Kier molecular flexibility index (Phi) is 12.6. The van der Waals surface area contributed by atoms with Gasteiger partial charge in [-0.1, -0.05) is 30.3 Å². The van der Waals surface area contributed by atoms with Gasteiger partial charge in [-0.3, -0.25) is 9.69 Å². The first-order valence-electron chi connectivity index (χ1n) is 22.5. The number of aldehydes is 1. The molecule has 2 aliphatic carbocycles. The predicted octanol–water partition coefficient (Wildman–Crippen LogP) is 2.07. The molecule has 5 aromatic rings. The Bertz CT molecular complexity index is 2710. The van der Waals surface area contributed by atoms with Crippen molar-refractivity contribution < 1.29 is 64.7 Å². The van der Waals surface area contributed by atoms with Crippen molar-refractivity contribution in [1.82, 2.24) is 15.0 Å². The van der Waals surface area contributed by atoms with Crippen LogP contribution < -0.4 is 20.7 Å². The summed E-state index contributed by atoms with van der Waals surface area (Å²) in [7, 11) is 0. The summed E-state index contributed by atoms with van der Waals surface area (Å²) < 4.78 is 10.9. The summed E-state index contributed by atoms with van der Waals surface area (Å²) in [6.45, 7) is -0.904. The van der Waals surface area contributed by atoms with Crippen LogP contribution in [0.1, 0.15) is 70.8 Å². The second-order valence-electron chi connectivity index (χ2n) is 18.2. The van der Waals surface area contributed by atoms with Crippen molar-refractivity contribution in [3.8, 4) is 17.2 Å². The van der Waals surface area contributed by atoms with Crippen LogP contribution in [0.5, 0.6) is 17.2 Å². The number of nitrogens with two attached hydrogens (primary N) is 1. The lowest BCUT2D eigenvalue weighted by Crippen LogP contribution is -2.67. The number of carboxylic acids is 1. The van der Waals surface area contributed by atoms with Gasteiger partial charge in [-0.2, -0.15) is 0 Å². The van der Waals surface area contributed by atoms with Crippen molar-refractivity contribution >= 4 is 35.7 Å². The fourth-order valence-corrected chi connectivity index (χ4v) is 11.0. The van der Waals surface area contributed by atoms with E-state index in [0.717, 1.165) is 47.6 Å². The third kappa shape index (κ3) is 8.29. The number of aryl methyl sites for hydroxylation is 1. The average Bonchev–Trinajstić information content (AvgIpc) is 4.14. The molecule has 11 atom stereocenters. The highest BCUT2D eigenvalue weighted by Crippen LogP contribution is 2.59. The Morgan fingerprint density at radius 1 is 1.01 bits per heavy atom. The topological polar surface area (TPSA) is 317 Å². The van der Waals surface area contributed by atoms with Crippen LogP contribution in [0, 0.1) is 5.92 Å². The number of aromatic hydroxyl groups is 2. The Labute approximate surface area is 389 Å². The number of carboxylic acid groups (broad SMARTS) is 1. The lowest BCUT2D eigenvalue weighted by atomic mass is 9.59. The molecule has 4 aliphatic rings. The van der Waals surface area contributed by atoms with Gasteiger partial charge in [-0.15, -0.1) is 0 Å². The second kappa shape index (κ2) is 18.5. The van der Waals surface area contributed by atoms with Gasteiger partial charge in [-0.05, 0) is 96.7 Å². The summed E-state index contributed by atoms with van der Waals surface area (Å²) >= 11 is 0. The number of anilines is 2. The highest BCUT2D eigenvalue weighted by Gasteiger charge is 2.58. The summed E-state index contributed by atoms with van der Waals surface area (Å²) in [4.78, 5) is 52.0. The van der Waals surface area contributed by atoms with E-state index in [2.05, 4.69) is 20.3 Å². The smallest absolute Gasteiger partial charge is 0.355 e. The van der Waals surface area contributed by atoms with Gasteiger partial charge in [0.1, 0.15) is 42.2 Å². The van der Waals surface area contributed by atoms with Crippen LogP contribution in [-0.4, -0.2) is 129 Å². The number of aromatic amines is 2. The number of nitrogens with zero attached hydrogens (tertiary/aromatic N) is 2. The monoisotopic (exact) mass is 934 g/mol. The quantitative estimate of drug-likeness (QED) is 0.0406. The van der Waals surface area contributed by atoms with Gasteiger partial charge in [0.2, 0.25) is 0 Å². The van der Waals surface area contributed by atoms with Gasteiger partial charge >= 0.3 is 11.9 Å². The molecule has 2 aromatic heterocycles. The van der Waals surface area contributed by atoms with Crippen LogP contribution in [0.15, 0.2) is 85.3 Å². The molecule has 2 aliphatic heterocycles. The molecule has 0 spiro atoms. The minimum Gasteiger partial charge on any atom is -0.508 e. The van der Waals surface area contributed by atoms with Crippen molar-refractivity contribution in [1.29, 1.82) is 0 Å². The first-order chi connectivity index (χ1) is 32.6. The largest absolute Gasteiger partial charge is 0.508 e. The van der Waals surface area contributed by atoms with Crippen LogP contribution >= 0.6 is 0 Å². The number of aliphatic hydroxyl groups is 5. The number of aliphatic carboxylic acids is 1. The van der Waals surface area contributed by atoms with Crippen LogP contribution in [0.4, 0.5) is 11.5 Å². The number of aromatic nitrogens is 3. The fourth-order valence-electron chi connectivity index (χ4n) is 11.0. The van der Waals surface area contributed by atoms with E-state index in [0.29, 0.717) is 34.8 Å². The summed E-state index contributed by atoms with van der Waals surface area (Å²) in [6.07, 6.45) is 2.54. The summed E-state index contributed by atoms with van der Waals surface area (Å²) in [6, 6.07) is 16.1. The lowest BCUT2D eigenvalue weighted by molar-refractivity contribution is -0.422. The molecule has 4 heterocycles. The lowest BCUT2D eigenvalue weighted by Gasteiger charge is -2.46. The number of phenolic OH excluding ortho intramolecular Hbond substituents is 2. The first-order valence-corrected chi connectivity index (χ1v) is 22.5. The highest BCUT2D eigenvalue weighted by molar-refractivity contribution is 6.10. The standard InChI is InChI=1S/C49H54N6O13/c50-40-13-11-28-10-9-26-4-1-2-5-32(26)48(28,40)21-31-30-19-37(59)38(67-49(66)46(63)45(62)44(61)39(23-57)68-49)20-35(30)55(43(31)47(64)65)42(60)14-8-25-7-12-36(58)27(16-25)17-33-34(53-24-52-33)18-29(22-56)54-41-6-3-15-51-41/h1-8,12,14-16,19-20,22,24,28-29,31,39-40,43-46,51,54,57-59,61-63,66H,9-11,13,17-18,21,23,50H2,(H,52,53)(H,64,65)/b14-8+/t28-,29+,31+,39+,40-,43+,44+,45-,46+,48+,49-/m0/s1. The third-order valence-corrected chi connectivity index (χ3v) is 14.4. The Balaban J connectivity index is 1.06. The van der Waals surface area contributed by atoms with Crippen molar-refractivity contribution in [3.63, 3.8) is 0 Å². The number of phenols is 2. The molecule has 3 aromatic carbocycles. The highest BCUT2D eigenvalue weighted by atomic mass is 16.8. The normalized spacial score (nSPS) is 29.0. The maximum absolute atomic E-state index is 14.7. The number of H-pyrrole nitrogens is 2. The van der Waals surface area contributed by atoms with E-state index in [1.54, 1.807) is 30.5 Å². The van der Waals surface area contributed by atoms with Crippen molar-refractivity contribution in [2.45, 2.75) is 105 Å². The van der Waals surface area contributed by atoms with E-state index >= 15 is 0 Å². The summed E-state index contributed by atoms with van der Waals surface area (Å²) in [5.74, 6) is -6.76. The molecular weight excluding hydrogens is 881 g/mol. The third-order valence-electron chi connectivity index (χ3n) is 14.4. The number of aliphatic hydroxyl groups excluding tert-OH is 4. The van der Waals surface area contributed by atoms with Gasteiger partial charge in [0.25, 0.3) is 5.91 Å². The Hall–Kier alpha value is -6.58. The molecule has 13 N–H and O–H groups in total.